The minimum Gasteiger partial charge on any atom is -0.460 e. The Morgan fingerprint density at radius 1 is 1.38 bits per heavy atom. The number of benzene rings is 1. The number of nitrogens with two attached hydrogens (primary N) is 1. The smallest absolute Gasteiger partial charge is 0.323 e. The van der Waals surface area contributed by atoms with Gasteiger partial charge in [0.25, 0.3) is 0 Å². The van der Waals surface area contributed by atoms with Crippen LogP contribution in [0.3, 0.4) is 0 Å². The van der Waals surface area contributed by atoms with Gasteiger partial charge in [0.05, 0.1) is 12.2 Å². The number of carbonyl (C=O) groups excluding carboxylic acids is 1. The zero-order valence-corrected chi connectivity index (χ0v) is 12.2. The number of ether oxygens (including phenoxy) is 2. The largest absolute Gasteiger partial charge is 0.460 e. The Morgan fingerprint density at radius 2 is 2.14 bits per heavy atom. The van der Waals surface area contributed by atoms with Gasteiger partial charge >= 0.3 is 5.97 Å². The van der Waals surface area contributed by atoms with Gasteiger partial charge in [0.2, 0.25) is 0 Å². The highest BCUT2D eigenvalue weighted by Crippen LogP contribution is 2.36. The fraction of sp³-hybridized carbons (Fsp3) is 0.471. The lowest BCUT2D eigenvalue weighted by Crippen LogP contribution is -2.44. The molecule has 0 aliphatic carbocycles. The summed E-state index contributed by atoms with van der Waals surface area (Å²) in [6.45, 7) is 2.35. The van der Waals surface area contributed by atoms with Crippen molar-refractivity contribution in [1.82, 2.24) is 0 Å². The maximum Gasteiger partial charge on any atom is 0.323 e. The molecule has 0 amide bonds. The number of hydrogen-bond acceptors (Lipinski definition) is 4. The van der Waals surface area contributed by atoms with E-state index in [-0.39, 0.29) is 30.7 Å². The molecule has 3 rings (SSSR count). The van der Waals surface area contributed by atoms with Crippen molar-refractivity contribution in [3.63, 3.8) is 0 Å². The molecule has 4 atom stereocenters. The van der Waals surface area contributed by atoms with E-state index in [1.807, 2.05) is 30.3 Å². The van der Waals surface area contributed by atoms with Crippen molar-refractivity contribution in [3.8, 4) is 0 Å². The van der Waals surface area contributed by atoms with Crippen LogP contribution >= 0.6 is 0 Å². The van der Waals surface area contributed by atoms with E-state index in [2.05, 4.69) is 13.0 Å². The van der Waals surface area contributed by atoms with Crippen LogP contribution in [0.4, 0.5) is 0 Å². The van der Waals surface area contributed by atoms with E-state index in [9.17, 15) is 4.79 Å². The van der Waals surface area contributed by atoms with Gasteiger partial charge in [0, 0.05) is 0 Å². The van der Waals surface area contributed by atoms with Crippen molar-refractivity contribution in [3.05, 3.63) is 47.5 Å². The number of rotatable bonds is 4. The molecular formula is C17H21NO3. The standard InChI is InChI=1S/C17H21NO3/c1-11-7-14-8-13(9-15(11)21-14)16(18)17(19)20-10-12-5-3-2-4-6-12/h2-7,13-16H,8-10,18H2,1H3. The van der Waals surface area contributed by atoms with E-state index in [0.717, 1.165) is 18.4 Å². The number of carbonyl (C=O) groups is 1. The summed E-state index contributed by atoms with van der Waals surface area (Å²) in [5.74, 6) is -0.187. The molecule has 2 aliphatic heterocycles. The van der Waals surface area contributed by atoms with Crippen molar-refractivity contribution in [1.29, 1.82) is 0 Å². The van der Waals surface area contributed by atoms with Gasteiger partial charge in [-0.25, -0.2) is 0 Å². The summed E-state index contributed by atoms with van der Waals surface area (Å²) in [6.07, 6.45) is 3.99. The SMILES string of the molecule is CC1=CC2CC(C(N)C(=O)OCc3ccccc3)CC1O2. The lowest BCUT2D eigenvalue weighted by Gasteiger charge is -2.32. The van der Waals surface area contributed by atoms with Gasteiger partial charge in [-0.15, -0.1) is 0 Å². The Hall–Kier alpha value is -1.65. The monoisotopic (exact) mass is 287 g/mol. The fourth-order valence-electron chi connectivity index (χ4n) is 3.10. The van der Waals surface area contributed by atoms with Gasteiger partial charge in [-0.05, 0) is 36.8 Å². The molecule has 0 saturated carbocycles. The minimum atomic E-state index is -0.568. The van der Waals surface area contributed by atoms with E-state index in [1.165, 1.54) is 5.57 Å². The first-order valence-corrected chi connectivity index (χ1v) is 7.43. The van der Waals surface area contributed by atoms with E-state index in [1.54, 1.807) is 0 Å². The first-order valence-electron chi connectivity index (χ1n) is 7.43. The minimum absolute atomic E-state index is 0.113. The molecule has 2 heterocycles. The van der Waals surface area contributed by atoms with Crippen LogP contribution in [0.2, 0.25) is 0 Å². The highest BCUT2D eigenvalue weighted by Gasteiger charge is 2.39. The zero-order valence-electron chi connectivity index (χ0n) is 12.2. The second-order valence-corrected chi connectivity index (χ2v) is 5.92. The molecule has 0 aromatic heterocycles. The van der Waals surface area contributed by atoms with Crippen LogP contribution in [0.15, 0.2) is 42.0 Å². The Bertz CT molecular complexity index is 540. The number of hydrogen-bond donors (Lipinski definition) is 1. The van der Waals surface area contributed by atoms with E-state index in [4.69, 9.17) is 15.2 Å². The van der Waals surface area contributed by atoms with Crippen molar-refractivity contribution < 1.29 is 14.3 Å². The third-order valence-electron chi connectivity index (χ3n) is 4.35. The van der Waals surface area contributed by atoms with Gasteiger partial charge in [0.15, 0.2) is 0 Å². The maximum absolute atomic E-state index is 12.1. The summed E-state index contributed by atoms with van der Waals surface area (Å²) in [5, 5.41) is 0. The molecule has 0 spiro atoms. The Morgan fingerprint density at radius 3 is 2.86 bits per heavy atom. The molecule has 2 bridgehead atoms. The normalized spacial score (nSPS) is 28.9. The predicted octanol–water partition coefficient (Wildman–Crippen LogP) is 2.18. The molecule has 1 aromatic carbocycles. The fourth-order valence-corrected chi connectivity index (χ4v) is 3.10. The molecule has 21 heavy (non-hydrogen) atoms. The Kier molecular flexibility index (Phi) is 4.08. The Labute approximate surface area is 124 Å². The summed E-state index contributed by atoms with van der Waals surface area (Å²) in [7, 11) is 0. The van der Waals surface area contributed by atoms with Crippen LogP contribution in [0.5, 0.6) is 0 Å². The molecule has 0 radical (unpaired) electrons. The second kappa shape index (κ2) is 6.00. The lowest BCUT2D eigenvalue weighted by molar-refractivity contribution is -0.149. The Balaban J connectivity index is 1.53. The summed E-state index contributed by atoms with van der Waals surface area (Å²) in [4.78, 5) is 12.1. The summed E-state index contributed by atoms with van der Waals surface area (Å²) < 4.78 is 11.1. The molecule has 2 aliphatic rings. The first kappa shape index (κ1) is 14.3. The van der Waals surface area contributed by atoms with Crippen molar-refractivity contribution in [2.45, 2.75) is 44.6 Å². The molecule has 1 aromatic rings. The number of esters is 1. The molecule has 4 nitrogen and oxygen atoms in total. The lowest BCUT2D eigenvalue weighted by atomic mass is 9.88. The average molecular weight is 287 g/mol. The number of fused-ring (bicyclic) bond motifs is 2. The molecule has 112 valence electrons. The summed E-state index contributed by atoms with van der Waals surface area (Å²) >= 11 is 0. The van der Waals surface area contributed by atoms with Crippen LogP contribution in [0.25, 0.3) is 0 Å². The summed E-state index contributed by atoms with van der Waals surface area (Å²) in [5.41, 5.74) is 8.33. The predicted molar refractivity (Wildman–Crippen MR) is 79.4 cm³/mol. The van der Waals surface area contributed by atoms with Crippen molar-refractivity contribution >= 4 is 5.97 Å². The molecule has 1 fully saturated rings. The van der Waals surface area contributed by atoms with Crippen LogP contribution in [0, 0.1) is 5.92 Å². The van der Waals surface area contributed by atoms with Crippen LogP contribution < -0.4 is 5.73 Å². The van der Waals surface area contributed by atoms with Gasteiger partial charge in [-0.3, -0.25) is 4.79 Å². The van der Waals surface area contributed by atoms with E-state index < -0.39 is 6.04 Å². The first-order chi connectivity index (χ1) is 10.1. The maximum atomic E-state index is 12.1. The third-order valence-corrected chi connectivity index (χ3v) is 4.35. The molecule has 4 heteroatoms. The topological polar surface area (TPSA) is 61.6 Å². The highest BCUT2D eigenvalue weighted by molar-refractivity contribution is 5.76. The van der Waals surface area contributed by atoms with Crippen LogP contribution in [-0.4, -0.2) is 24.2 Å². The van der Waals surface area contributed by atoms with Crippen LogP contribution in [-0.2, 0) is 20.9 Å². The second-order valence-electron chi connectivity index (χ2n) is 5.92. The molecule has 1 saturated heterocycles. The zero-order chi connectivity index (χ0) is 14.8. The van der Waals surface area contributed by atoms with Gasteiger partial charge in [-0.2, -0.15) is 0 Å². The van der Waals surface area contributed by atoms with Gasteiger partial charge < -0.3 is 15.2 Å². The molecular weight excluding hydrogens is 266 g/mol. The quantitative estimate of drug-likeness (QED) is 0.681. The van der Waals surface area contributed by atoms with Crippen LogP contribution in [0.1, 0.15) is 25.3 Å². The van der Waals surface area contributed by atoms with Gasteiger partial charge in [0.1, 0.15) is 12.6 Å². The third kappa shape index (κ3) is 3.17. The highest BCUT2D eigenvalue weighted by atomic mass is 16.5. The van der Waals surface area contributed by atoms with E-state index >= 15 is 0 Å². The van der Waals surface area contributed by atoms with Crippen molar-refractivity contribution in [2.75, 3.05) is 0 Å². The average Bonchev–Trinajstić information content (AvgIpc) is 2.77. The molecule has 4 unspecified atom stereocenters. The van der Waals surface area contributed by atoms with E-state index in [0.29, 0.717) is 0 Å². The summed E-state index contributed by atoms with van der Waals surface area (Å²) in [6, 6.07) is 9.08. The van der Waals surface area contributed by atoms with Crippen molar-refractivity contribution in [2.24, 2.45) is 11.7 Å². The van der Waals surface area contributed by atoms with Gasteiger partial charge in [-0.1, -0.05) is 36.4 Å². The molecule has 2 N–H and O–H groups in total.